The van der Waals surface area contributed by atoms with Gasteiger partial charge in [0.2, 0.25) is 5.91 Å². The summed E-state index contributed by atoms with van der Waals surface area (Å²) in [6.45, 7) is 7.87. The Morgan fingerprint density at radius 3 is 2.67 bits per heavy atom. The van der Waals surface area contributed by atoms with Crippen molar-refractivity contribution in [3.63, 3.8) is 0 Å². The molecule has 0 spiro atoms. The molecule has 1 aliphatic carbocycles. The molecular weight excluding hydrogens is 340 g/mol. The van der Waals surface area contributed by atoms with E-state index in [4.69, 9.17) is 4.42 Å². The summed E-state index contributed by atoms with van der Waals surface area (Å²) in [7, 11) is 3.87. The maximum absolute atomic E-state index is 12.4. The summed E-state index contributed by atoms with van der Waals surface area (Å²) in [5.41, 5.74) is 3.35. The molecule has 1 amide bonds. The van der Waals surface area contributed by atoms with Gasteiger partial charge in [0.05, 0.1) is 18.3 Å². The lowest BCUT2D eigenvalue weighted by Gasteiger charge is -2.26. The van der Waals surface area contributed by atoms with Gasteiger partial charge < -0.3 is 14.6 Å². The molecule has 1 saturated carbocycles. The Bertz CT molecular complexity index is 852. The number of aromatic nitrogens is 2. The maximum atomic E-state index is 12.4. The summed E-state index contributed by atoms with van der Waals surface area (Å²) in [5, 5.41) is 8.07. The van der Waals surface area contributed by atoms with Crippen molar-refractivity contribution in [3.05, 3.63) is 40.6 Å². The minimum Gasteiger partial charge on any atom is -0.464 e. The highest BCUT2D eigenvalue weighted by Gasteiger charge is 2.41. The molecule has 2 aromatic heterocycles. The first-order chi connectivity index (χ1) is 12.9. The minimum atomic E-state index is 0.0816. The number of nitrogens with one attached hydrogen (secondary N) is 1. The topological polar surface area (TPSA) is 63.3 Å². The first-order valence-corrected chi connectivity index (χ1v) is 9.92. The Labute approximate surface area is 160 Å². The predicted octanol–water partition coefficient (Wildman–Crippen LogP) is 3.06. The van der Waals surface area contributed by atoms with Gasteiger partial charge in [-0.05, 0) is 38.3 Å². The van der Waals surface area contributed by atoms with Crippen LogP contribution in [-0.4, -0.2) is 34.2 Å². The molecular formula is C21H30N4O2. The number of nitrogens with zero attached hydrogens (tertiary/aromatic N) is 3. The second kappa shape index (κ2) is 6.82. The monoisotopic (exact) mass is 370 g/mol. The molecule has 1 aliphatic heterocycles. The molecule has 4 atom stereocenters. The standard InChI is InChI=1S/C21H30N4O2/c1-12-8-17(12)18-7-6-16(27-18)11-22-10-15-9-19(26)24(4)21(15)20-13(2)23-25(5)14(20)3/h6-7,12,15,17,21-22H,8-11H2,1-5H3/t12-,15-,17+,21+/m0/s1. The molecule has 146 valence electrons. The van der Waals surface area contributed by atoms with Crippen LogP contribution < -0.4 is 5.32 Å². The first-order valence-electron chi connectivity index (χ1n) is 9.92. The van der Waals surface area contributed by atoms with Gasteiger partial charge in [-0.2, -0.15) is 5.10 Å². The summed E-state index contributed by atoms with van der Waals surface area (Å²) >= 11 is 0. The van der Waals surface area contributed by atoms with Gasteiger partial charge in [0.15, 0.2) is 0 Å². The number of aryl methyl sites for hydroxylation is 2. The molecule has 2 aromatic rings. The minimum absolute atomic E-state index is 0.0816. The van der Waals surface area contributed by atoms with Crippen LogP contribution >= 0.6 is 0 Å². The van der Waals surface area contributed by atoms with Crippen molar-refractivity contribution in [1.82, 2.24) is 20.0 Å². The largest absolute Gasteiger partial charge is 0.464 e. The quantitative estimate of drug-likeness (QED) is 0.849. The molecule has 1 N–H and O–H groups in total. The summed E-state index contributed by atoms with van der Waals surface area (Å²) in [4.78, 5) is 14.3. The van der Waals surface area contributed by atoms with Gasteiger partial charge in [0, 0.05) is 50.2 Å². The zero-order chi connectivity index (χ0) is 19.3. The third-order valence-electron chi connectivity index (χ3n) is 6.42. The molecule has 0 radical (unpaired) electrons. The number of furan rings is 1. The predicted molar refractivity (Wildman–Crippen MR) is 103 cm³/mol. The van der Waals surface area contributed by atoms with E-state index in [9.17, 15) is 4.79 Å². The van der Waals surface area contributed by atoms with Crippen molar-refractivity contribution in [3.8, 4) is 0 Å². The maximum Gasteiger partial charge on any atom is 0.223 e. The van der Waals surface area contributed by atoms with Gasteiger partial charge in [-0.1, -0.05) is 6.92 Å². The number of carbonyl (C=O) groups is 1. The van der Waals surface area contributed by atoms with Crippen molar-refractivity contribution >= 4 is 5.91 Å². The first kappa shape index (κ1) is 18.3. The van der Waals surface area contributed by atoms with Crippen LogP contribution in [-0.2, 0) is 18.4 Å². The van der Waals surface area contributed by atoms with E-state index in [0.717, 1.165) is 35.4 Å². The van der Waals surface area contributed by atoms with E-state index in [1.165, 1.54) is 12.0 Å². The average molecular weight is 370 g/mol. The number of carbonyl (C=O) groups excluding carboxylic acids is 1. The molecule has 2 aliphatic rings. The van der Waals surface area contributed by atoms with Crippen molar-refractivity contribution in [2.24, 2.45) is 18.9 Å². The molecule has 6 heteroatoms. The highest BCUT2D eigenvalue weighted by molar-refractivity contribution is 5.79. The molecule has 0 bridgehead atoms. The molecule has 3 heterocycles. The van der Waals surface area contributed by atoms with Gasteiger partial charge in [-0.3, -0.25) is 9.48 Å². The second-order valence-electron chi connectivity index (χ2n) is 8.38. The number of likely N-dealkylation sites (tertiary alicyclic amines) is 1. The smallest absolute Gasteiger partial charge is 0.223 e. The number of amides is 1. The van der Waals surface area contributed by atoms with E-state index < -0.39 is 0 Å². The fraction of sp³-hybridized carbons (Fsp3) is 0.619. The normalized spacial score (nSPS) is 27.6. The lowest BCUT2D eigenvalue weighted by molar-refractivity contribution is -0.127. The van der Waals surface area contributed by atoms with E-state index >= 15 is 0 Å². The summed E-state index contributed by atoms with van der Waals surface area (Å²) in [5.74, 6) is 3.91. The van der Waals surface area contributed by atoms with E-state index in [1.807, 2.05) is 30.6 Å². The van der Waals surface area contributed by atoms with Gasteiger partial charge >= 0.3 is 0 Å². The third-order valence-corrected chi connectivity index (χ3v) is 6.42. The third kappa shape index (κ3) is 3.31. The summed E-state index contributed by atoms with van der Waals surface area (Å²) in [6.07, 6.45) is 1.81. The molecule has 6 nitrogen and oxygen atoms in total. The fourth-order valence-electron chi connectivity index (χ4n) is 4.57. The zero-order valence-corrected chi connectivity index (χ0v) is 17.0. The Hall–Kier alpha value is -2.08. The van der Waals surface area contributed by atoms with Crippen LogP contribution in [0, 0.1) is 25.7 Å². The van der Waals surface area contributed by atoms with Crippen molar-refractivity contribution in [1.29, 1.82) is 0 Å². The highest BCUT2D eigenvalue weighted by Crippen LogP contribution is 2.47. The highest BCUT2D eigenvalue weighted by atomic mass is 16.3. The van der Waals surface area contributed by atoms with E-state index in [1.54, 1.807) is 0 Å². The van der Waals surface area contributed by atoms with Crippen LogP contribution in [0.15, 0.2) is 16.5 Å². The van der Waals surface area contributed by atoms with Crippen LogP contribution in [0.4, 0.5) is 0 Å². The van der Waals surface area contributed by atoms with Gasteiger partial charge in [0.25, 0.3) is 0 Å². The van der Waals surface area contributed by atoms with Crippen molar-refractivity contribution in [2.75, 3.05) is 13.6 Å². The van der Waals surface area contributed by atoms with Gasteiger partial charge in [-0.15, -0.1) is 0 Å². The Morgan fingerprint density at radius 1 is 1.30 bits per heavy atom. The van der Waals surface area contributed by atoms with Crippen LogP contribution in [0.3, 0.4) is 0 Å². The van der Waals surface area contributed by atoms with Crippen molar-refractivity contribution in [2.45, 2.75) is 52.1 Å². The fourth-order valence-corrected chi connectivity index (χ4v) is 4.57. The summed E-state index contributed by atoms with van der Waals surface area (Å²) in [6, 6.07) is 4.27. The molecule has 1 saturated heterocycles. The molecule has 27 heavy (non-hydrogen) atoms. The van der Waals surface area contributed by atoms with Crippen LogP contribution in [0.2, 0.25) is 0 Å². The van der Waals surface area contributed by atoms with Crippen LogP contribution in [0.1, 0.15) is 60.2 Å². The van der Waals surface area contributed by atoms with Gasteiger partial charge in [-0.25, -0.2) is 0 Å². The van der Waals surface area contributed by atoms with Crippen LogP contribution in [0.5, 0.6) is 0 Å². The van der Waals surface area contributed by atoms with E-state index in [-0.39, 0.29) is 17.9 Å². The molecule has 0 unspecified atom stereocenters. The molecule has 0 aromatic carbocycles. The number of hydrogen-bond acceptors (Lipinski definition) is 4. The van der Waals surface area contributed by atoms with Crippen molar-refractivity contribution < 1.29 is 9.21 Å². The zero-order valence-electron chi connectivity index (χ0n) is 17.0. The van der Waals surface area contributed by atoms with E-state index in [0.29, 0.717) is 18.9 Å². The summed E-state index contributed by atoms with van der Waals surface area (Å²) < 4.78 is 7.90. The van der Waals surface area contributed by atoms with E-state index in [2.05, 4.69) is 36.4 Å². The Kier molecular flexibility index (Phi) is 4.62. The Morgan fingerprint density at radius 2 is 2.04 bits per heavy atom. The Balaban J connectivity index is 1.42. The molecule has 4 rings (SSSR count). The van der Waals surface area contributed by atoms with Gasteiger partial charge in [0.1, 0.15) is 11.5 Å². The molecule has 2 fully saturated rings. The number of rotatable bonds is 6. The van der Waals surface area contributed by atoms with Crippen LogP contribution in [0.25, 0.3) is 0 Å². The lowest BCUT2D eigenvalue weighted by Crippen LogP contribution is -2.29. The number of hydrogen-bond donors (Lipinski definition) is 1. The lowest BCUT2D eigenvalue weighted by atomic mass is 9.92. The SMILES string of the molecule is Cc1nn(C)c(C)c1[C@H]1[C@H](CNCc2ccc([C@@H]3C[C@@H]3C)o2)CC(=O)N1C. The second-order valence-corrected chi connectivity index (χ2v) is 8.38. The average Bonchev–Trinajstić information content (AvgIpc) is 2.94.